The number of benzene rings is 1. The molecule has 0 saturated carbocycles. The standard InChI is InChI=1S/C33H39ClFN7O3/c1-17(2)26-28(18(3)12-13-37-26)42-30-21(14-22(34)27(38-30)25-23(35)10-9-11-24(25)36)29(39-31(42)43)40-15-20(5)41(16-19(40)4)32(44)45-33(6,7)8/h9-14,17,19-20H,15-16,36H2,1-8H3/t19-,20+/m0/s1. The summed E-state index contributed by atoms with van der Waals surface area (Å²) in [7, 11) is 0. The minimum absolute atomic E-state index is 0.0303. The molecule has 45 heavy (non-hydrogen) atoms. The van der Waals surface area contributed by atoms with Crippen molar-refractivity contribution in [2.24, 2.45) is 0 Å². The van der Waals surface area contributed by atoms with Gasteiger partial charge in [-0.25, -0.2) is 23.5 Å². The summed E-state index contributed by atoms with van der Waals surface area (Å²) in [5.74, 6) is -0.255. The van der Waals surface area contributed by atoms with Crippen molar-refractivity contribution in [3.8, 4) is 16.9 Å². The fraction of sp³-hybridized carbons (Fsp3) is 0.424. The number of fused-ring (bicyclic) bond motifs is 1. The molecule has 0 radical (unpaired) electrons. The molecule has 2 atom stereocenters. The van der Waals surface area contributed by atoms with E-state index in [1.54, 1.807) is 23.2 Å². The molecule has 1 amide bonds. The van der Waals surface area contributed by atoms with Crippen LogP contribution in [0.15, 0.2) is 41.3 Å². The molecule has 4 aromatic rings. The van der Waals surface area contributed by atoms with Crippen LogP contribution in [0.1, 0.15) is 65.6 Å². The normalized spacial score (nSPS) is 17.3. The predicted molar refractivity (Wildman–Crippen MR) is 176 cm³/mol. The average molecular weight is 636 g/mol. The van der Waals surface area contributed by atoms with Gasteiger partial charge in [-0.1, -0.05) is 31.5 Å². The first-order valence-corrected chi connectivity index (χ1v) is 15.4. The summed E-state index contributed by atoms with van der Waals surface area (Å²) in [6, 6.07) is 7.33. The lowest BCUT2D eigenvalue weighted by molar-refractivity contribution is 0.0130. The number of rotatable bonds is 4. The van der Waals surface area contributed by atoms with E-state index in [-0.39, 0.29) is 45.6 Å². The Labute approximate surface area is 267 Å². The molecule has 1 aromatic carbocycles. The number of nitrogen functional groups attached to an aromatic ring is 1. The molecule has 2 N–H and O–H groups in total. The Bertz CT molecular complexity index is 1830. The molecule has 3 aromatic heterocycles. The number of carbonyl (C=O) groups is 1. The Morgan fingerprint density at radius 3 is 2.49 bits per heavy atom. The van der Waals surface area contributed by atoms with Gasteiger partial charge < -0.3 is 20.3 Å². The number of ether oxygens (including phenoxy) is 1. The fourth-order valence-electron chi connectivity index (χ4n) is 5.77. The molecule has 0 spiro atoms. The average Bonchev–Trinajstić information content (AvgIpc) is 2.93. The van der Waals surface area contributed by atoms with E-state index >= 15 is 4.39 Å². The minimum atomic E-state index is -0.638. The molecule has 10 nitrogen and oxygen atoms in total. The molecule has 1 aliphatic heterocycles. The van der Waals surface area contributed by atoms with Gasteiger partial charge in [-0.15, -0.1) is 0 Å². The lowest BCUT2D eigenvalue weighted by Gasteiger charge is -2.44. The number of aromatic nitrogens is 4. The molecule has 0 bridgehead atoms. The maximum Gasteiger partial charge on any atom is 0.410 e. The van der Waals surface area contributed by atoms with E-state index < -0.39 is 23.2 Å². The zero-order chi connectivity index (χ0) is 33.0. The molecule has 238 valence electrons. The number of halogens is 2. The first kappa shape index (κ1) is 32.2. The molecular weight excluding hydrogens is 597 g/mol. The van der Waals surface area contributed by atoms with Crippen LogP contribution in [-0.4, -0.2) is 61.3 Å². The van der Waals surface area contributed by atoms with Crippen molar-refractivity contribution < 1.29 is 13.9 Å². The first-order chi connectivity index (χ1) is 21.1. The number of hydrogen-bond donors (Lipinski definition) is 1. The smallest absolute Gasteiger partial charge is 0.410 e. The summed E-state index contributed by atoms with van der Waals surface area (Å²) < 4.78 is 22.3. The largest absolute Gasteiger partial charge is 0.444 e. The van der Waals surface area contributed by atoms with Crippen LogP contribution in [0.3, 0.4) is 0 Å². The highest BCUT2D eigenvalue weighted by Gasteiger charge is 2.36. The highest BCUT2D eigenvalue weighted by atomic mass is 35.5. The van der Waals surface area contributed by atoms with Gasteiger partial charge in [0, 0.05) is 37.1 Å². The first-order valence-electron chi connectivity index (χ1n) is 15.0. The number of aryl methyl sites for hydroxylation is 1. The SMILES string of the molecule is Cc1ccnc(C(C)C)c1-n1c(=O)nc(N2C[C@@H](C)N(C(=O)OC(C)(C)C)C[C@@H]2C)c2cc(Cl)c(-c3c(N)cccc3F)nc21. The maximum atomic E-state index is 15.2. The van der Waals surface area contributed by atoms with Crippen molar-refractivity contribution in [2.45, 2.75) is 79.0 Å². The summed E-state index contributed by atoms with van der Waals surface area (Å²) in [4.78, 5) is 44.9. The second-order valence-electron chi connectivity index (χ2n) is 12.9. The van der Waals surface area contributed by atoms with Gasteiger partial charge in [0.15, 0.2) is 5.65 Å². The van der Waals surface area contributed by atoms with Crippen molar-refractivity contribution in [2.75, 3.05) is 23.7 Å². The Hall–Kier alpha value is -4.25. The molecule has 4 heterocycles. The van der Waals surface area contributed by atoms with Gasteiger partial charge in [0.2, 0.25) is 0 Å². The lowest BCUT2D eigenvalue weighted by atomic mass is 10.0. The van der Waals surface area contributed by atoms with E-state index in [0.717, 1.165) is 5.56 Å². The predicted octanol–water partition coefficient (Wildman–Crippen LogP) is 6.48. The van der Waals surface area contributed by atoms with Crippen molar-refractivity contribution in [3.63, 3.8) is 0 Å². The Morgan fingerprint density at radius 2 is 1.84 bits per heavy atom. The Morgan fingerprint density at radius 1 is 1.13 bits per heavy atom. The summed E-state index contributed by atoms with van der Waals surface area (Å²) in [5.41, 5.74) is 7.57. The van der Waals surface area contributed by atoms with E-state index in [0.29, 0.717) is 35.7 Å². The van der Waals surface area contributed by atoms with Crippen LogP contribution >= 0.6 is 11.6 Å². The lowest BCUT2D eigenvalue weighted by Crippen LogP contribution is -2.59. The fourth-order valence-corrected chi connectivity index (χ4v) is 6.02. The number of pyridine rings is 2. The highest BCUT2D eigenvalue weighted by Crippen LogP contribution is 2.38. The summed E-state index contributed by atoms with van der Waals surface area (Å²) in [6.07, 6.45) is 1.30. The number of nitrogens with zero attached hydrogens (tertiary/aromatic N) is 6. The molecule has 1 aliphatic rings. The molecule has 5 rings (SSSR count). The van der Waals surface area contributed by atoms with Crippen LogP contribution in [0, 0.1) is 12.7 Å². The van der Waals surface area contributed by atoms with Crippen molar-refractivity contribution >= 4 is 40.2 Å². The molecular formula is C33H39ClFN7O3. The zero-order valence-corrected chi connectivity index (χ0v) is 27.6. The molecule has 0 aliphatic carbocycles. The van der Waals surface area contributed by atoms with Crippen LogP contribution in [-0.2, 0) is 4.74 Å². The van der Waals surface area contributed by atoms with Gasteiger partial charge in [-0.3, -0.25) is 4.98 Å². The number of carbonyl (C=O) groups excluding carboxylic acids is 1. The highest BCUT2D eigenvalue weighted by molar-refractivity contribution is 6.34. The van der Waals surface area contributed by atoms with Crippen molar-refractivity contribution in [3.05, 3.63) is 69.1 Å². The van der Waals surface area contributed by atoms with Crippen LogP contribution in [0.4, 0.5) is 20.7 Å². The number of hydrogen-bond acceptors (Lipinski definition) is 8. The van der Waals surface area contributed by atoms with Gasteiger partial charge in [0.25, 0.3) is 0 Å². The Balaban J connectivity index is 1.76. The van der Waals surface area contributed by atoms with Crippen LogP contribution < -0.4 is 16.3 Å². The van der Waals surface area contributed by atoms with Gasteiger partial charge in [0.1, 0.15) is 17.2 Å². The minimum Gasteiger partial charge on any atom is -0.444 e. The zero-order valence-electron chi connectivity index (χ0n) is 26.9. The van der Waals surface area contributed by atoms with E-state index in [1.165, 1.54) is 16.7 Å². The summed E-state index contributed by atoms with van der Waals surface area (Å²) >= 11 is 6.83. The van der Waals surface area contributed by atoms with Crippen molar-refractivity contribution in [1.29, 1.82) is 0 Å². The molecule has 12 heteroatoms. The van der Waals surface area contributed by atoms with Crippen molar-refractivity contribution in [1.82, 2.24) is 24.4 Å². The third-order valence-corrected chi connectivity index (χ3v) is 8.18. The number of amides is 1. The van der Waals surface area contributed by atoms with Gasteiger partial charge in [-0.05, 0) is 77.3 Å². The molecule has 0 unspecified atom stereocenters. The van der Waals surface area contributed by atoms with E-state index in [4.69, 9.17) is 27.1 Å². The number of nitrogens with two attached hydrogens (primary N) is 1. The van der Waals surface area contributed by atoms with E-state index in [1.807, 2.05) is 66.4 Å². The molecule has 1 saturated heterocycles. The third-order valence-electron chi connectivity index (χ3n) is 7.89. The Kier molecular flexibility index (Phi) is 8.52. The molecule has 1 fully saturated rings. The third kappa shape index (κ3) is 6.05. The van der Waals surface area contributed by atoms with Crippen LogP contribution in [0.2, 0.25) is 5.02 Å². The van der Waals surface area contributed by atoms with Crippen LogP contribution in [0.5, 0.6) is 0 Å². The summed E-state index contributed by atoms with van der Waals surface area (Å²) in [5, 5.41) is 0.633. The number of anilines is 2. The van der Waals surface area contributed by atoms with Crippen LogP contribution in [0.25, 0.3) is 28.0 Å². The monoisotopic (exact) mass is 635 g/mol. The number of piperazine rings is 1. The topological polar surface area (TPSA) is 119 Å². The maximum absolute atomic E-state index is 15.2. The second-order valence-corrected chi connectivity index (χ2v) is 13.4. The van der Waals surface area contributed by atoms with E-state index in [9.17, 15) is 9.59 Å². The summed E-state index contributed by atoms with van der Waals surface area (Å²) in [6.45, 7) is 15.9. The second kappa shape index (κ2) is 11.9. The van der Waals surface area contributed by atoms with Gasteiger partial charge >= 0.3 is 11.8 Å². The quantitative estimate of drug-likeness (QED) is 0.253. The van der Waals surface area contributed by atoms with E-state index in [2.05, 4.69) is 9.97 Å². The van der Waals surface area contributed by atoms with Gasteiger partial charge in [0.05, 0.1) is 33.0 Å². The van der Waals surface area contributed by atoms with Gasteiger partial charge in [-0.2, -0.15) is 4.98 Å².